The number of nitrogens with zero attached hydrogens (tertiary/aromatic N) is 1. The molecule has 0 aliphatic carbocycles. The summed E-state index contributed by atoms with van der Waals surface area (Å²) in [5.41, 5.74) is 0.311. The van der Waals surface area contributed by atoms with Crippen molar-refractivity contribution in [2.45, 2.75) is 24.7 Å². The Morgan fingerprint density at radius 3 is 2.65 bits per heavy atom. The molecule has 1 aliphatic rings. The van der Waals surface area contributed by atoms with Gasteiger partial charge in [-0.1, -0.05) is 6.07 Å². The van der Waals surface area contributed by atoms with Gasteiger partial charge in [-0.2, -0.15) is 0 Å². The Labute approximate surface area is 178 Å². The van der Waals surface area contributed by atoms with E-state index in [1.165, 1.54) is 38.6 Å². The molecule has 0 amide bonds. The summed E-state index contributed by atoms with van der Waals surface area (Å²) < 4.78 is 61.6. The number of benzene rings is 1. The van der Waals surface area contributed by atoms with E-state index in [-0.39, 0.29) is 22.8 Å². The third kappa shape index (κ3) is 4.46. The lowest BCUT2D eigenvalue weighted by Gasteiger charge is -2.43. The second-order valence-corrected chi connectivity index (χ2v) is 12.0. The zero-order valence-corrected chi connectivity index (χ0v) is 18.8. The number of rotatable bonds is 6. The monoisotopic (exact) mass is 473 g/mol. The van der Waals surface area contributed by atoms with Gasteiger partial charge in [-0.05, 0) is 36.8 Å². The van der Waals surface area contributed by atoms with Crippen molar-refractivity contribution >= 4 is 15.0 Å². The molecule has 4 atom stereocenters. The summed E-state index contributed by atoms with van der Waals surface area (Å²) in [7, 11) is -7.90. The fourth-order valence-corrected chi connectivity index (χ4v) is 7.41. The smallest absolute Gasteiger partial charge is 0.372 e. The van der Waals surface area contributed by atoms with E-state index < -0.39 is 38.6 Å². The van der Waals surface area contributed by atoms with Crippen molar-refractivity contribution in [1.82, 2.24) is 4.98 Å². The Hall–Kier alpha value is -2.06. The van der Waals surface area contributed by atoms with Gasteiger partial charge in [0.15, 0.2) is 0 Å². The van der Waals surface area contributed by atoms with E-state index in [1.807, 2.05) is 0 Å². The average Bonchev–Trinajstić information content (AvgIpc) is 2.66. The van der Waals surface area contributed by atoms with Crippen LogP contribution in [0.4, 0.5) is 4.39 Å². The second kappa shape index (κ2) is 8.47. The van der Waals surface area contributed by atoms with E-state index in [9.17, 15) is 23.5 Å². The van der Waals surface area contributed by atoms with Crippen molar-refractivity contribution in [3.63, 3.8) is 0 Å². The highest BCUT2D eigenvalue weighted by molar-refractivity contribution is 7.75. The standard InChI is InChI=1S/C19H22FNO8P2/c1-12-8-15(27-13(2)26-3)9-16(20)17(12)18-28-30(4,23)19(22,31(24,25)29-18)10-14-6-5-7-21-11-14/h5-9,11,18,22H,2,10H2,1,3-4H3,(H,24,25). The van der Waals surface area contributed by atoms with Crippen LogP contribution in [-0.4, -0.2) is 33.8 Å². The lowest BCUT2D eigenvalue weighted by atomic mass is 10.1. The molecule has 9 nitrogen and oxygen atoms in total. The summed E-state index contributed by atoms with van der Waals surface area (Å²) >= 11 is 0. The van der Waals surface area contributed by atoms with Crippen LogP contribution in [-0.2, 0) is 29.3 Å². The molecule has 1 aromatic carbocycles. The summed E-state index contributed by atoms with van der Waals surface area (Å²) in [6.45, 7) is 5.96. The van der Waals surface area contributed by atoms with Crippen LogP contribution in [0.15, 0.2) is 49.2 Å². The second-order valence-electron chi connectivity index (χ2n) is 7.04. The van der Waals surface area contributed by atoms with Crippen LogP contribution in [0.1, 0.15) is 23.0 Å². The highest BCUT2D eigenvalue weighted by atomic mass is 31.2. The number of aromatic nitrogens is 1. The van der Waals surface area contributed by atoms with E-state index >= 15 is 0 Å². The molecule has 0 saturated carbocycles. The zero-order chi connectivity index (χ0) is 23.0. The summed E-state index contributed by atoms with van der Waals surface area (Å²) in [6, 6.07) is 5.45. The van der Waals surface area contributed by atoms with Gasteiger partial charge in [-0.15, -0.1) is 0 Å². The Morgan fingerprint density at radius 1 is 1.39 bits per heavy atom. The first-order chi connectivity index (χ1) is 14.4. The van der Waals surface area contributed by atoms with Gasteiger partial charge < -0.3 is 19.5 Å². The Morgan fingerprint density at radius 2 is 2.10 bits per heavy atom. The van der Waals surface area contributed by atoms with Gasteiger partial charge in [0.2, 0.25) is 18.7 Å². The summed E-state index contributed by atoms with van der Waals surface area (Å²) in [5.74, 6) is -0.918. The molecular formula is C19H22FNO8P2. The SMILES string of the molecule is C=C(OC)Oc1cc(C)c(C2OP(C)(=O)C(O)(Cc3cccnc3)P(=O)(O)O2)c(F)c1. The molecular weight excluding hydrogens is 451 g/mol. The molecule has 0 spiro atoms. The zero-order valence-electron chi connectivity index (χ0n) is 17.0. The van der Waals surface area contributed by atoms with Crippen LogP contribution in [0.2, 0.25) is 0 Å². The third-order valence-corrected chi connectivity index (χ3v) is 10.2. The predicted octanol–water partition coefficient (Wildman–Crippen LogP) is 4.05. The first kappa shape index (κ1) is 23.6. The normalized spacial score (nSPS) is 30.6. The molecule has 2 heterocycles. The molecule has 31 heavy (non-hydrogen) atoms. The van der Waals surface area contributed by atoms with Gasteiger partial charge in [0, 0.05) is 37.1 Å². The van der Waals surface area contributed by atoms with Gasteiger partial charge in [-0.25, -0.2) is 4.39 Å². The minimum Gasteiger partial charge on any atom is -0.469 e. The number of methoxy groups -OCH3 is 1. The first-order valence-electron chi connectivity index (χ1n) is 8.99. The number of halogens is 1. The van der Waals surface area contributed by atoms with Crippen LogP contribution in [0.25, 0.3) is 0 Å². The lowest BCUT2D eigenvalue weighted by Crippen LogP contribution is -2.38. The Balaban J connectivity index is 1.96. The first-order valence-corrected chi connectivity index (χ1v) is 12.6. The number of hydrogen-bond acceptors (Lipinski definition) is 8. The number of hydrogen-bond donors (Lipinski definition) is 2. The van der Waals surface area contributed by atoms with E-state index in [1.54, 1.807) is 6.07 Å². The van der Waals surface area contributed by atoms with Crippen molar-refractivity contribution in [2.24, 2.45) is 0 Å². The minimum atomic E-state index is -4.99. The molecule has 2 N–H and O–H groups in total. The molecule has 1 saturated heterocycles. The summed E-state index contributed by atoms with van der Waals surface area (Å²) in [5, 5.41) is 8.23. The van der Waals surface area contributed by atoms with Gasteiger partial charge in [0.1, 0.15) is 11.6 Å². The highest BCUT2D eigenvalue weighted by Crippen LogP contribution is 2.79. The molecule has 1 aliphatic heterocycles. The minimum absolute atomic E-state index is 0.0568. The average molecular weight is 473 g/mol. The molecule has 3 rings (SSSR count). The largest absolute Gasteiger partial charge is 0.469 e. The highest BCUT2D eigenvalue weighted by Gasteiger charge is 2.65. The maximum atomic E-state index is 14.9. The number of ether oxygens (including phenoxy) is 2. The van der Waals surface area contributed by atoms with Crippen LogP contribution < -0.4 is 4.74 Å². The predicted molar refractivity (Wildman–Crippen MR) is 109 cm³/mol. The maximum Gasteiger partial charge on any atom is 0.372 e. The molecule has 2 aromatic rings. The summed E-state index contributed by atoms with van der Waals surface area (Å²) in [6.07, 6.45) is 0.520. The molecule has 1 fully saturated rings. The van der Waals surface area contributed by atoms with Crippen LogP contribution in [0.3, 0.4) is 0 Å². The fraction of sp³-hybridized carbons (Fsp3) is 0.316. The third-order valence-electron chi connectivity index (χ3n) is 4.81. The Kier molecular flexibility index (Phi) is 6.45. The van der Waals surface area contributed by atoms with Crippen LogP contribution in [0.5, 0.6) is 5.75 Å². The summed E-state index contributed by atoms with van der Waals surface area (Å²) in [4.78, 5) is 14.4. The number of aliphatic hydroxyl groups is 1. The van der Waals surface area contributed by atoms with Crippen molar-refractivity contribution in [2.75, 3.05) is 13.8 Å². The number of aryl methyl sites for hydroxylation is 1. The molecule has 4 unspecified atom stereocenters. The molecule has 0 bridgehead atoms. The van der Waals surface area contributed by atoms with E-state index in [2.05, 4.69) is 11.6 Å². The number of pyridine rings is 1. The van der Waals surface area contributed by atoms with E-state index in [4.69, 9.17) is 18.5 Å². The van der Waals surface area contributed by atoms with Crippen molar-refractivity contribution < 1.29 is 42.0 Å². The van der Waals surface area contributed by atoms with E-state index in [0.29, 0.717) is 5.56 Å². The maximum absolute atomic E-state index is 14.9. The van der Waals surface area contributed by atoms with Crippen molar-refractivity contribution in [1.29, 1.82) is 0 Å². The lowest BCUT2D eigenvalue weighted by molar-refractivity contribution is -0.0462. The van der Waals surface area contributed by atoms with Crippen molar-refractivity contribution in [3.05, 3.63) is 71.7 Å². The van der Waals surface area contributed by atoms with Crippen LogP contribution >= 0.6 is 15.0 Å². The van der Waals surface area contributed by atoms with Gasteiger partial charge in [0.05, 0.1) is 7.11 Å². The topological polar surface area (TPSA) is 124 Å². The quantitative estimate of drug-likeness (QED) is 0.472. The van der Waals surface area contributed by atoms with Gasteiger partial charge in [-0.3, -0.25) is 23.2 Å². The molecule has 168 valence electrons. The van der Waals surface area contributed by atoms with Crippen molar-refractivity contribution in [3.8, 4) is 5.75 Å². The van der Waals surface area contributed by atoms with Gasteiger partial charge in [0.25, 0.3) is 5.95 Å². The van der Waals surface area contributed by atoms with Crippen LogP contribution in [0, 0.1) is 12.7 Å². The van der Waals surface area contributed by atoms with Gasteiger partial charge >= 0.3 is 7.60 Å². The Bertz CT molecular complexity index is 1040. The fourth-order valence-electron chi connectivity index (χ4n) is 3.11. The van der Waals surface area contributed by atoms with E-state index in [0.717, 1.165) is 12.7 Å². The molecule has 1 aromatic heterocycles. The molecule has 0 radical (unpaired) electrons. The molecule has 12 heteroatoms.